The molecule has 100 valence electrons. The molecule has 1 aromatic rings. The van der Waals surface area contributed by atoms with Crippen LogP contribution in [0.2, 0.25) is 0 Å². The number of esters is 1. The van der Waals surface area contributed by atoms with E-state index in [1.54, 1.807) is 0 Å². The number of carbonyl (C=O) groups is 1. The van der Waals surface area contributed by atoms with Gasteiger partial charge in [-0.2, -0.15) is 0 Å². The van der Waals surface area contributed by atoms with Crippen molar-refractivity contribution in [1.82, 2.24) is 4.90 Å². The Hall–Kier alpha value is -1.61. The Labute approximate surface area is 113 Å². The zero-order valence-corrected chi connectivity index (χ0v) is 11.3. The largest absolute Gasteiger partial charge is 0.468 e. The van der Waals surface area contributed by atoms with Gasteiger partial charge in [0.1, 0.15) is 6.04 Å². The van der Waals surface area contributed by atoms with Crippen LogP contribution in [0.15, 0.2) is 42.5 Å². The van der Waals surface area contributed by atoms with Gasteiger partial charge in [-0.1, -0.05) is 42.5 Å². The van der Waals surface area contributed by atoms with Crippen LogP contribution in [-0.2, 0) is 9.53 Å². The van der Waals surface area contributed by atoms with Crippen LogP contribution in [-0.4, -0.2) is 30.1 Å². The predicted octanol–water partition coefficient (Wildman–Crippen LogP) is 2.55. The van der Waals surface area contributed by atoms with Crippen LogP contribution in [0.3, 0.4) is 0 Å². The second kappa shape index (κ2) is 4.82. The van der Waals surface area contributed by atoms with Crippen molar-refractivity contribution in [2.45, 2.75) is 31.5 Å². The van der Waals surface area contributed by atoms with Gasteiger partial charge in [0, 0.05) is 18.0 Å². The molecule has 0 aromatic heterocycles. The van der Waals surface area contributed by atoms with Crippen LogP contribution >= 0.6 is 0 Å². The van der Waals surface area contributed by atoms with E-state index in [4.69, 9.17) is 4.74 Å². The summed E-state index contributed by atoms with van der Waals surface area (Å²) in [5.41, 5.74) is 1.25. The summed E-state index contributed by atoms with van der Waals surface area (Å²) in [7, 11) is 1.48. The molecule has 1 fully saturated rings. The molecular weight excluding hydrogens is 238 g/mol. The van der Waals surface area contributed by atoms with Crippen LogP contribution < -0.4 is 0 Å². The fraction of sp³-hybridized carbons (Fsp3) is 0.438. The molecule has 3 heteroatoms. The van der Waals surface area contributed by atoms with Crippen molar-refractivity contribution in [1.29, 1.82) is 0 Å². The standard InChI is InChI=1S/C16H19NO2/c1-11(12-6-4-3-5-7-12)17-14-9-8-13(10-14)15(17)16(18)19-2/h3-9,11,13-15H,10H2,1-2H3/t11-,13+,14-,15+/m0/s1. The summed E-state index contributed by atoms with van der Waals surface area (Å²) in [6, 6.07) is 10.8. The SMILES string of the molecule is COC(=O)[C@H]1[C@@H]2C=C[C@@H](C2)N1[C@@H](C)c1ccccc1. The minimum absolute atomic E-state index is 0.111. The van der Waals surface area contributed by atoms with Crippen molar-refractivity contribution in [2.75, 3.05) is 7.11 Å². The lowest BCUT2D eigenvalue weighted by atomic mass is 9.99. The highest BCUT2D eigenvalue weighted by Crippen LogP contribution is 2.42. The molecule has 1 aromatic carbocycles. The molecule has 0 amide bonds. The molecule has 4 atom stereocenters. The van der Waals surface area contributed by atoms with Gasteiger partial charge in [0.25, 0.3) is 0 Å². The highest BCUT2D eigenvalue weighted by atomic mass is 16.5. The van der Waals surface area contributed by atoms with E-state index in [1.807, 2.05) is 18.2 Å². The van der Waals surface area contributed by atoms with Gasteiger partial charge in [0.15, 0.2) is 0 Å². The van der Waals surface area contributed by atoms with Crippen LogP contribution in [0.1, 0.15) is 24.9 Å². The molecule has 0 unspecified atom stereocenters. The number of hydrogen-bond donors (Lipinski definition) is 0. The first-order valence-electron chi connectivity index (χ1n) is 6.81. The summed E-state index contributed by atoms with van der Waals surface area (Å²) in [5.74, 6) is 0.197. The zero-order valence-electron chi connectivity index (χ0n) is 11.3. The summed E-state index contributed by atoms with van der Waals surface area (Å²) in [6.45, 7) is 2.17. The predicted molar refractivity (Wildman–Crippen MR) is 73.5 cm³/mol. The number of hydrogen-bond acceptors (Lipinski definition) is 3. The van der Waals surface area contributed by atoms with E-state index in [0.29, 0.717) is 12.0 Å². The van der Waals surface area contributed by atoms with Gasteiger partial charge in [0.05, 0.1) is 7.11 Å². The Bertz CT molecular complexity index is 497. The van der Waals surface area contributed by atoms with Crippen LogP contribution in [0.4, 0.5) is 0 Å². The average Bonchev–Trinajstić information content (AvgIpc) is 3.07. The zero-order chi connectivity index (χ0) is 13.4. The minimum atomic E-state index is -0.129. The van der Waals surface area contributed by atoms with Crippen molar-refractivity contribution in [3.8, 4) is 0 Å². The number of ether oxygens (including phenoxy) is 1. The van der Waals surface area contributed by atoms with Gasteiger partial charge < -0.3 is 4.74 Å². The molecule has 1 aliphatic carbocycles. The van der Waals surface area contributed by atoms with E-state index in [1.165, 1.54) is 12.7 Å². The summed E-state index contributed by atoms with van der Waals surface area (Å²) in [6.07, 6.45) is 5.43. The van der Waals surface area contributed by atoms with E-state index in [9.17, 15) is 4.79 Å². The Morgan fingerprint density at radius 1 is 1.32 bits per heavy atom. The van der Waals surface area contributed by atoms with Crippen molar-refractivity contribution >= 4 is 5.97 Å². The molecule has 0 saturated carbocycles. The van der Waals surface area contributed by atoms with Crippen molar-refractivity contribution in [3.63, 3.8) is 0 Å². The van der Waals surface area contributed by atoms with Gasteiger partial charge in [-0.05, 0) is 18.9 Å². The second-order valence-corrected chi connectivity index (χ2v) is 5.35. The first-order valence-corrected chi connectivity index (χ1v) is 6.81. The monoisotopic (exact) mass is 257 g/mol. The Morgan fingerprint density at radius 3 is 2.74 bits per heavy atom. The average molecular weight is 257 g/mol. The van der Waals surface area contributed by atoms with E-state index in [2.05, 4.69) is 36.1 Å². The van der Waals surface area contributed by atoms with Gasteiger partial charge in [-0.15, -0.1) is 0 Å². The fourth-order valence-electron chi connectivity index (χ4n) is 3.44. The molecule has 0 N–H and O–H groups in total. The van der Waals surface area contributed by atoms with Crippen molar-refractivity contribution in [2.24, 2.45) is 5.92 Å². The number of likely N-dealkylation sites (tertiary alicyclic amines) is 1. The van der Waals surface area contributed by atoms with Gasteiger partial charge in [-0.3, -0.25) is 9.69 Å². The molecule has 1 heterocycles. The number of fused-ring (bicyclic) bond motifs is 2. The third kappa shape index (κ3) is 1.98. The summed E-state index contributed by atoms with van der Waals surface area (Å²) in [4.78, 5) is 14.3. The number of nitrogens with zero attached hydrogens (tertiary/aromatic N) is 1. The number of rotatable bonds is 3. The van der Waals surface area contributed by atoms with Crippen molar-refractivity contribution in [3.05, 3.63) is 48.0 Å². The molecule has 19 heavy (non-hydrogen) atoms. The summed E-state index contributed by atoms with van der Waals surface area (Å²) in [5, 5.41) is 0. The van der Waals surface area contributed by atoms with Crippen LogP contribution in [0.5, 0.6) is 0 Å². The van der Waals surface area contributed by atoms with Crippen LogP contribution in [0, 0.1) is 5.92 Å². The first kappa shape index (κ1) is 12.4. The highest BCUT2D eigenvalue weighted by molar-refractivity contribution is 5.77. The lowest BCUT2D eigenvalue weighted by Crippen LogP contribution is -2.45. The molecule has 1 aliphatic heterocycles. The van der Waals surface area contributed by atoms with E-state index in [-0.39, 0.29) is 18.1 Å². The fourth-order valence-corrected chi connectivity index (χ4v) is 3.44. The van der Waals surface area contributed by atoms with E-state index < -0.39 is 0 Å². The van der Waals surface area contributed by atoms with Gasteiger partial charge >= 0.3 is 5.97 Å². The summed E-state index contributed by atoms with van der Waals surface area (Å²) < 4.78 is 4.99. The second-order valence-electron chi connectivity index (χ2n) is 5.35. The Balaban J connectivity index is 1.90. The molecule has 3 rings (SSSR count). The van der Waals surface area contributed by atoms with Crippen molar-refractivity contribution < 1.29 is 9.53 Å². The maximum absolute atomic E-state index is 12.1. The molecule has 0 radical (unpaired) electrons. The number of methoxy groups -OCH3 is 1. The molecule has 0 spiro atoms. The maximum Gasteiger partial charge on any atom is 0.323 e. The molecule has 2 aliphatic rings. The molecule has 3 nitrogen and oxygen atoms in total. The number of benzene rings is 1. The lowest BCUT2D eigenvalue weighted by molar-refractivity contribution is -0.148. The first-order chi connectivity index (χ1) is 9.22. The maximum atomic E-state index is 12.1. The lowest BCUT2D eigenvalue weighted by Gasteiger charge is -2.35. The quantitative estimate of drug-likeness (QED) is 0.615. The molecular formula is C16H19NO2. The topological polar surface area (TPSA) is 29.5 Å². The smallest absolute Gasteiger partial charge is 0.323 e. The van der Waals surface area contributed by atoms with E-state index >= 15 is 0 Å². The highest BCUT2D eigenvalue weighted by Gasteiger charge is 2.48. The Morgan fingerprint density at radius 2 is 2.05 bits per heavy atom. The normalized spacial score (nSPS) is 30.5. The Kier molecular flexibility index (Phi) is 3.15. The molecule has 2 bridgehead atoms. The van der Waals surface area contributed by atoms with E-state index in [0.717, 1.165) is 6.42 Å². The van der Waals surface area contributed by atoms with Crippen LogP contribution in [0.25, 0.3) is 0 Å². The van der Waals surface area contributed by atoms with Gasteiger partial charge in [0.2, 0.25) is 0 Å². The molecule has 1 saturated heterocycles. The third-order valence-electron chi connectivity index (χ3n) is 4.38. The van der Waals surface area contributed by atoms with Gasteiger partial charge in [-0.25, -0.2) is 0 Å². The minimum Gasteiger partial charge on any atom is -0.468 e. The third-order valence-corrected chi connectivity index (χ3v) is 4.38. The number of carbonyl (C=O) groups excluding carboxylic acids is 1. The summed E-state index contributed by atoms with van der Waals surface area (Å²) >= 11 is 0.